The molecule has 2 aromatic rings. The Morgan fingerprint density at radius 2 is 2.06 bits per heavy atom. The van der Waals surface area contributed by atoms with Crippen molar-refractivity contribution in [3.05, 3.63) is 47.7 Å². The average Bonchev–Trinajstić information content (AvgIpc) is 3.13. The van der Waals surface area contributed by atoms with E-state index in [0.29, 0.717) is 5.92 Å². The first kappa shape index (κ1) is 10.4. The van der Waals surface area contributed by atoms with Gasteiger partial charge in [-0.1, -0.05) is 30.3 Å². The lowest BCUT2D eigenvalue weighted by atomic mass is 10.2. The fourth-order valence-electron chi connectivity index (χ4n) is 2.02. The average molecular weight is 227 g/mol. The number of anilines is 1. The van der Waals surface area contributed by atoms with E-state index in [1.807, 2.05) is 17.8 Å². The van der Waals surface area contributed by atoms with Gasteiger partial charge in [0, 0.05) is 25.6 Å². The molecule has 0 radical (unpaired) electrons. The number of nitrogens with one attached hydrogen (secondary N) is 1. The highest BCUT2D eigenvalue weighted by Crippen LogP contribution is 2.39. The zero-order chi connectivity index (χ0) is 11.7. The van der Waals surface area contributed by atoms with E-state index in [4.69, 9.17) is 0 Å². The molecule has 0 unspecified atom stereocenters. The molecule has 3 heteroatoms. The summed E-state index contributed by atoms with van der Waals surface area (Å²) >= 11 is 0. The Kier molecular flexibility index (Phi) is 2.59. The second-order valence-electron chi connectivity index (χ2n) is 4.69. The molecule has 0 saturated heterocycles. The number of nitrogens with zero attached hydrogens (tertiary/aromatic N) is 2. The fraction of sp³-hybridized carbons (Fsp3) is 0.357. The van der Waals surface area contributed by atoms with Crippen LogP contribution >= 0.6 is 0 Å². The Balaban J connectivity index is 1.68. The van der Waals surface area contributed by atoms with Crippen LogP contribution in [0.3, 0.4) is 0 Å². The van der Waals surface area contributed by atoms with Crippen LogP contribution in [0.1, 0.15) is 30.0 Å². The second-order valence-corrected chi connectivity index (χ2v) is 4.69. The third kappa shape index (κ3) is 2.33. The summed E-state index contributed by atoms with van der Waals surface area (Å²) in [6.07, 6.45) is 2.60. The molecule has 1 heterocycles. The van der Waals surface area contributed by atoms with Crippen molar-refractivity contribution in [2.24, 2.45) is 7.05 Å². The van der Waals surface area contributed by atoms with E-state index in [2.05, 4.69) is 40.7 Å². The molecule has 0 bridgehead atoms. The highest BCUT2D eigenvalue weighted by Gasteiger charge is 2.26. The number of aryl methyl sites for hydroxylation is 1. The molecule has 1 saturated carbocycles. The standard InChI is InChI=1S/C14H17N3/c1-17-14(9-13(16-17)12-7-8-12)15-10-11-5-3-2-4-6-11/h2-6,9,12,15H,7-8,10H2,1H3. The molecule has 0 spiro atoms. The zero-order valence-electron chi connectivity index (χ0n) is 10.1. The number of aromatic nitrogens is 2. The van der Waals surface area contributed by atoms with Crippen molar-refractivity contribution in [1.82, 2.24) is 9.78 Å². The molecule has 88 valence electrons. The molecule has 3 rings (SSSR count). The van der Waals surface area contributed by atoms with Crippen LogP contribution < -0.4 is 5.32 Å². The van der Waals surface area contributed by atoms with E-state index in [-0.39, 0.29) is 0 Å². The monoisotopic (exact) mass is 227 g/mol. The number of rotatable bonds is 4. The summed E-state index contributed by atoms with van der Waals surface area (Å²) in [4.78, 5) is 0. The maximum atomic E-state index is 4.54. The van der Waals surface area contributed by atoms with Crippen LogP contribution in [0.4, 0.5) is 5.82 Å². The molecule has 17 heavy (non-hydrogen) atoms. The summed E-state index contributed by atoms with van der Waals surface area (Å²) in [5.74, 6) is 1.82. The SMILES string of the molecule is Cn1nc(C2CC2)cc1NCc1ccccc1. The molecule has 1 N–H and O–H groups in total. The fourth-order valence-corrected chi connectivity index (χ4v) is 2.02. The van der Waals surface area contributed by atoms with Crippen molar-refractivity contribution in [3.8, 4) is 0 Å². The normalized spacial score (nSPS) is 14.9. The summed E-state index contributed by atoms with van der Waals surface area (Å²) < 4.78 is 1.94. The largest absolute Gasteiger partial charge is 0.366 e. The summed E-state index contributed by atoms with van der Waals surface area (Å²) in [5.41, 5.74) is 2.53. The van der Waals surface area contributed by atoms with Crippen LogP contribution in [-0.2, 0) is 13.6 Å². The molecule has 3 nitrogen and oxygen atoms in total. The first-order valence-electron chi connectivity index (χ1n) is 6.14. The van der Waals surface area contributed by atoms with Crippen LogP contribution in [-0.4, -0.2) is 9.78 Å². The first-order valence-corrected chi connectivity index (χ1v) is 6.14. The van der Waals surface area contributed by atoms with Gasteiger partial charge in [0.2, 0.25) is 0 Å². The van der Waals surface area contributed by atoms with Crippen LogP contribution in [0.5, 0.6) is 0 Å². The zero-order valence-corrected chi connectivity index (χ0v) is 10.1. The lowest BCUT2D eigenvalue weighted by molar-refractivity contribution is 0.745. The minimum absolute atomic E-state index is 0.716. The summed E-state index contributed by atoms with van der Waals surface area (Å²) in [6, 6.07) is 12.6. The van der Waals surface area contributed by atoms with E-state index in [9.17, 15) is 0 Å². The molecule has 1 aliphatic rings. The van der Waals surface area contributed by atoms with Gasteiger partial charge < -0.3 is 5.32 Å². The predicted octanol–water partition coefficient (Wildman–Crippen LogP) is 2.91. The van der Waals surface area contributed by atoms with Crippen molar-refractivity contribution in [2.75, 3.05) is 5.32 Å². The second kappa shape index (κ2) is 4.24. The van der Waals surface area contributed by atoms with Crippen molar-refractivity contribution < 1.29 is 0 Å². The van der Waals surface area contributed by atoms with Crippen molar-refractivity contribution >= 4 is 5.82 Å². The van der Waals surface area contributed by atoms with Crippen molar-refractivity contribution in [1.29, 1.82) is 0 Å². The van der Waals surface area contributed by atoms with E-state index in [0.717, 1.165) is 12.4 Å². The van der Waals surface area contributed by atoms with Crippen molar-refractivity contribution in [3.63, 3.8) is 0 Å². The minimum Gasteiger partial charge on any atom is -0.366 e. The molecule has 1 fully saturated rings. The quantitative estimate of drug-likeness (QED) is 0.870. The van der Waals surface area contributed by atoms with Gasteiger partial charge in [-0.05, 0) is 18.4 Å². The maximum Gasteiger partial charge on any atom is 0.124 e. The van der Waals surface area contributed by atoms with Gasteiger partial charge in [0.25, 0.3) is 0 Å². The minimum atomic E-state index is 0.716. The van der Waals surface area contributed by atoms with Gasteiger partial charge in [-0.25, -0.2) is 0 Å². The Hall–Kier alpha value is -1.77. The molecular formula is C14H17N3. The molecule has 1 aromatic heterocycles. The molecular weight excluding hydrogens is 210 g/mol. The number of benzene rings is 1. The number of hydrogen-bond donors (Lipinski definition) is 1. The third-order valence-electron chi connectivity index (χ3n) is 3.21. The molecule has 0 atom stereocenters. The van der Waals surface area contributed by atoms with Crippen LogP contribution in [0, 0.1) is 0 Å². The van der Waals surface area contributed by atoms with E-state index < -0.39 is 0 Å². The van der Waals surface area contributed by atoms with Gasteiger partial charge in [0.1, 0.15) is 5.82 Å². The van der Waals surface area contributed by atoms with Gasteiger partial charge in [-0.15, -0.1) is 0 Å². The lowest BCUT2D eigenvalue weighted by Crippen LogP contribution is -2.04. The van der Waals surface area contributed by atoms with Crippen LogP contribution in [0.15, 0.2) is 36.4 Å². The van der Waals surface area contributed by atoms with Crippen molar-refractivity contribution in [2.45, 2.75) is 25.3 Å². The molecule has 0 amide bonds. The first-order chi connectivity index (χ1) is 8.33. The van der Waals surface area contributed by atoms with Gasteiger partial charge in [0.05, 0.1) is 5.69 Å². The summed E-state index contributed by atoms with van der Waals surface area (Å²) in [7, 11) is 2.00. The maximum absolute atomic E-state index is 4.54. The third-order valence-corrected chi connectivity index (χ3v) is 3.21. The Morgan fingerprint density at radius 3 is 2.76 bits per heavy atom. The summed E-state index contributed by atoms with van der Waals surface area (Å²) in [5, 5.41) is 7.97. The van der Waals surface area contributed by atoms with Gasteiger partial charge in [-0.2, -0.15) is 5.10 Å². The van der Waals surface area contributed by atoms with Gasteiger partial charge in [0.15, 0.2) is 0 Å². The molecule has 1 aliphatic carbocycles. The topological polar surface area (TPSA) is 29.9 Å². The van der Waals surface area contributed by atoms with E-state index in [1.54, 1.807) is 0 Å². The van der Waals surface area contributed by atoms with E-state index >= 15 is 0 Å². The Bertz CT molecular complexity index is 497. The van der Waals surface area contributed by atoms with Crippen LogP contribution in [0.25, 0.3) is 0 Å². The Labute approximate surface area is 101 Å². The molecule has 1 aromatic carbocycles. The lowest BCUT2D eigenvalue weighted by Gasteiger charge is -2.05. The predicted molar refractivity (Wildman–Crippen MR) is 69.0 cm³/mol. The van der Waals surface area contributed by atoms with Gasteiger partial charge >= 0.3 is 0 Å². The molecule has 0 aliphatic heterocycles. The Morgan fingerprint density at radius 1 is 1.29 bits per heavy atom. The number of hydrogen-bond acceptors (Lipinski definition) is 2. The smallest absolute Gasteiger partial charge is 0.124 e. The highest BCUT2D eigenvalue weighted by molar-refractivity contribution is 5.39. The van der Waals surface area contributed by atoms with Gasteiger partial charge in [-0.3, -0.25) is 4.68 Å². The van der Waals surface area contributed by atoms with Crippen LogP contribution in [0.2, 0.25) is 0 Å². The highest BCUT2D eigenvalue weighted by atomic mass is 15.3. The summed E-state index contributed by atoms with van der Waals surface area (Å²) in [6.45, 7) is 0.852. The van der Waals surface area contributed by atoms with E-state index in [1.165, 1.54) is 24.1 Å².